The number of nitrogens with one attached hydrogen (secondary N) is 1. The number of hydrogen-bond donors (Lipinski definition) is 2. The Morgan fingerprint density at radius 1 is 1.09 bits per heavy atom. The second-order valence-corrected chi connectivity index (χ2v) is 11.5. The maximum Gasteiger partial charge on any atom is 0.256 e. The number of anilines is 1. The van der Waals surface area contributed by atoms with Gasteiger partial charge in [0.2, 0.25) is 10.0 Å². The van der Waals surface area contributed by atoms with Crippen LogP contribution in [0.3, 0.4) is 0 Å². The molecule has 1 aliphatic heterocycles. The first-order chi connectivity index (χ1) is 16.2. The Bertz CT molecular complexity index is 1320. The minimum Gasteiger partial charge on any atom is -0.365 e. The molecule has 2 aromatic carbocycles. The summed E-state index contributed by atoms with van der Waals surface area (Å²) in [4.78, 5) is 28.5. The molecule has 0 fully saturated rings. The van der Waals surface area contributed by atoms with E-state index in [4.69, 9.17) is 5.73 Å². The van der Waals surface area contributed by atoms with Crippen LogP contribution in [0.15, 0.2) is 59.5 Å². The molecule has 0 radical (unpaired) electrons. The normalized spacial score (nSPS) is 14.1. The molecular formula is C24H26N4O4S2. The van der Waals surface area contributed by atoms with Crippen molar-refractivity contribution in [3.05, 3.63) is 81.7 Å². The maximum absolute atomic E-state index is 12.9. The van der Waals surface area contributed by atoms with Crippen molar-refractivity contribution >= 4 is 38.2 Å². The Morgan fingerprint density at radius 2 is 1.76 bits per heavy atom. The summed E-state index contributed by atoms with van der Waals surface area (Å²) in [5, 5.41) is 3.24. The molecule has 3 N–H and O–H groups in total. The molecule has 4 rings (SSSR count). The number of thiophene rings is 1. The van der Waals surface area contributed by atoms with Crippen LogP contribution in [-0.2, 0) is 29.5 Å². The summed E-state index contributed by atoms with van der Waals surface area (Å²) in [6.45, 7) is 2.25. The third-order valence-electron chi connectivity index (χ3n) is 5.75. The topological polar surface area (TPSA) is 113 Å². The minimum atomic E-state index is -3.59. The number of carbonyl (C=O) groups excluding carboxylic acids is 2. The van der Waals surface area contributed by atoms with Crippen molar-refractivity contribution in [2.45, 2.75) is 24.4 Å². The van der Waals surface area contributed by atoms with Gasteiger partial charge in [-0.15, -0.1) is 11.3 Å². The van der Waals surface area contributed by atoms with Gasteiger partial charge in [0.05, 0.1) is 10.5 Å². The SMILES string of the molecule is CN(C)S(=O)(=O)c1ccc(C(=O)Nc2sc3c(c2C(N)=O)CCN(Cc2ccccc2)C3)cc1. The van der Waals surface area contributed by atoms with E-state index in [2.05, 4.69) is 22.3 Å². The Hall–Kier alpha value is -3.05. The standard InChI is InChI=1S/C24H26N4O4S2/c1-27(2)34(31,32)18-10-8-17(9-11-18)23(30)26-24-21(22(25)29)19-12-13-28(15-20(19)33-24)14-16-6-4-3-5-7-16/h3-11H,12-15H2,1-2H3,(H2,25,29)(H,26,30). The number of sulfonamides is 1. The molecule has 1 aliphatic rings. The lowest BCUT2D eigenvalue weighted by atomic mass is 10.0. The van der Waals surface area contributed by atoms with Crippen LogP contribution in [0.4, 0.5) is 5.00 Å². The van der Waals surface area contributed by atoms with Crippen molar-refractivity contribution in [3.8, 4) is 0 Å². The summed E-state index contributed by atoms with van der Waals surface area (Å²) in [7, 11) is -0.698. The van der Waals surface area contributed by atoms with Gasteiger partial charge in [0.15, 0.2) is 0 Å². The average molecular weight is 499 g/mol. The van der Waals surface area contributed by atoms with E-state index in [0.29, 0.717) is 23.5 Å². The molecule has 0 saturated carbocycles. The van der Waals surface area contributed by atoms with Gasteiger partial charge in [0.25, 0.3) is 11.8 Å². The first-order valence-electron chi connectivity index (χ1n) is 10.7. The van der Waals surface area contributed by atoms with Crippen LogP contribution < -0.4 is 11.1 Å². The second kappa shape index (κ2) is 9.67. The second-order valence-electron chi connectivity index (χ2n) is 8.28. The Morgan fingerprint density at radius 3 is 2.38 bits per heavy atom. The lowest BCUT2D eigenvalue weighted by molar-refractivity contribution is 0.0999. The number of primary amides is 1. The van der Waals surface area contributed by atoms with Crippen LogP contribution in [0, 0.1) is 0 Å². The smallest absolute Gasteiger partial charge is 0.256 e. The zero-order valence-corrected chi connectivity index (χ0v) is 20.6. The molecule has 1 aromatic heterocycles. The lowest BCUT2D eigenvalue weighted by Gasteiger charge is -2.27. The molecule has 2 amide bonds. The third-order valence-corrected chi connectivity index (χ3v) is 8.72. The summed E-state index contributed by atoms with van der Waals surface area (Å²) in [6, 6.07) is 15.9. The van der Waals surface area contributed by atoms with Crippen molar-refractivity contribution in [1.29, 1.82) is 0 Å². The first-order valence-corrected chi connectivity index (χ1v) is 13.0. The number of nitrogens with two attached hydrogens (primary N) is 1. The fraction of sp³-hybridized carbons (Fsp3) is 0.250. The molecule has 34 heavy (non-hydrogen) atoms. The van der Waals surface area contributed by atoms with Gasteiger partial charge in [-0.1, -0.05) is 30.3 Å². The van der Waals surface area contributed by atoms with Crippen LogP contribution in [0.1, 0.15) is 36.7 Å². The molecule has 0 bridgehead atoms. The van der Waals surface area contributed by atoms with E-state index in [1.807, 2.05) is 18.2 Å². The average Bonchev–Trinajstić information content (AvgIpc) is 3.17. The van der Waals surface area contributed by atoms with Crippen LogP contribution >= 0.6 is 11.3 Å². The van der Waals surface area contributed by atoms with Crippen molar-refractivity contribution in [2.24, 2.45) is 5.73 Å². The van der Waals surface area contributed by atoms with Gasteiger partial charge < -0.3 is 11.1 Å². The number of fused-ring (bicyclic) bond motifs is 1. The molecule has 0 aliphatic carbocycles. The number of nitrogens with zero attached hydrogens (tertiary/aromatic N) is 2. The largest absolute Gasteiger partial charge is 0.365 e. The Labute approximate surface area is 203 Å². The fourth-order valence-corrected chi connectivity index (χ4v) is 6.14. The molecule has 178 valence electrons. The van der Waals surface area contributed by atoms with Gasteiger partial charge in [-0.05, 0) is 41.8 Å². The van der Waals surface area contributed by atoms with Gasteiger partial charge in [0, 0.05) is 44.2 Å². The van der Waals surface area contributed by atoms with Crippen LogP contribution in [0.2, 0.25) is 0 Å². The van der Waals surface area contributed by atoms with E-state index in [-0.39, 0.29) is 10.5 Å². The summed E-state index contributed by atoms with van der Waals surface area (Å²) in [6.07, 6.45) is 0.671. The van der Waals surface area contributed by atoms with Crippen LogP contribution in [0.5, 0.6) is 0 Å². The highest BCUT2D eigenvalue weighted by atomic mass is 32.2. The van der Waals surface area contributed by atoms with Crippen molar-refractivity contribution in [2.75, 3.05) is 26.0 Å². The highest BCUT2D eigenvalue weighted by Gasteiger charge is 2.28. The van der Waals surface area contributed by atoms with Gasteiger partial charge >= 0.3 is 0 Å². The molecule has 0 saturated heterocycles. The quantitative estimate of drug-likeness (QED) is 0.520. The molecule has 0 unspecified atom stereocenters. The zero-order chi connectivity index (χ0) is 24.5. The van der Waals surface area contributed by atoms with Gasteiger partial charge in [-0.25, -0.2) is 12.7 Å². The molecule has 10 heteroatoms. The van der Waals surface area contributed by atoms with Crippen molar-refractivity contribution < 1.29 is 18.0 Å². The monoisotopic (exact) mass is 498 g/mol. The predicted octanol–water partition coefficient (Wildman–Crippen LogP) is 2.91. The van der Waals surface area contributed by atoms with Crippen LogP contribution in [0.25, 0.3) is 0 Å². The molecule has 3 aromatic rings. The maximum atomic E-state index is 12.9. The van der Waals surface area contributed by atoms with E-state index < -0.39 is 21.8 Å². The molecular weight excluding hydrogens is 472 g/mol. The zero-order valence-electron chi connectivity index (χ0n) is 18.9. The molecule has 2 heterocycles. The van der Waals surface area contributed by atoms with E-state index in [1.54, 1.807) is 0 Å². The summed E-state index contributed by atoms with van der Waals surface area (Å²) in [5.41, 5.74) is 8.43. The minimum absolute atomic E-state index is 0.0944. The van der Waals surface area contributed by atoms with Crippen molar-refractivity contribution in [3.63, 3.8) is 0 Å². The summed E-state index contributed by atoms with van der Waals surface area (Å²) < 4.78 is 25.6. The van der Waals surface area contributed by atoms with E-state index in [9.17, 15) is 18.0 Å². The van der Waals surface area contributed by atoms with E-state index in [0.717, 1.165) is 27.8 Å². The van der Waals surface area contributed by atoms with E-state index in [1.165, 1.54) is 55.3 Å². The van der Waals surface area contributed by atoms with Crippen molar-refractivity contribution in [1.82, 2.24) is 9.21 Å². The van der Waals surface area contributed by atoms with E-state index >= 15 is 0 Å². The van der Waals surface area contributed by atoms with Gasteiger partial charge in [0.1, 0.15) is 5.00 Å². The highest BCUT2D eigenvalue weighted by molar-refractivity contribution is 7.89. The van der Waals surface area contributed by atoms with Crippen LogP contribution in [-0.4, -0.2) is 50.1 Å². The number of benzene rings is 2. The highest BCUT2D eigenvalue weighted by Crippen LogP contribution is 2.37. The lowest BCUT2D eigenvalue weighted by Crippen LogP contribution is -2.30. The molecule has 8 nitrogen and oxygen atoms in total. The van der Waals surface area contributed by atoms with Gasteiger partial charge in [-0.2, -0.15) is 0 Å². The Balaban J connectivity index is 1.54. The summed E-state index contributed by atoms with van der Waals surface area (Å²) >= 11 is 1.36. The third kappa shape index (κ3) is 4.90. The number of amides is 2. The number of rotatable bonds is 7. The first kappa shape index (κ1) is 24.1. The molecule has 0 atom stereocenters. The summed E-state index contributed by atoms with van der Waals surface area (Å²) in [5.74, 6) is -1.01. The fourth-order valence-electron chi connectivity index (χ4n) is 3.95. The number of hydrogen-bond acceptors (Lipinski definition) is 6. The number of carbonyl (C=O) groups is 2. The molecule has 0 spiro atoms. The Kier molecular flexibility index (Phi) is 6.85. The predicted molar refractivity (Wildman–Crippen MR) is 132 cm³/mol. The van der Waals surface area contributed by atoms with Gasteiger partial charge in [-0.3, -0.25) is 14.5 Å².